The molecule has 21 heavy (non-hydrogen) atoms. The van der Waals surface area contributed by atoms with Gasteiger partial charge >= 0.3 is 0 Å². The molecule has 1 unspecified atom stereocenters. The van der Waals surface area contributed by atoms with Gasteiger partial charge in [0.2, 0.25) is 5.91 Å². The minimum absolute atomic E-state index is 0.00284. The van der Waals surface area contributed by atoms with Crippen molar-refractivity contribution in [2.45, 2.75) is 18.4 Å². The van der Waals surface area contributed by atoms with Gasteiger partial charge in [-0.1, -0.05) is 29.3 Å². The van der Waals surface area contributed by atoms with Crippen molar-refractivity contribution in [3.05, 3.63) is 33.8 Å². The third-order valence-electron chi connectivity index (χ3n) is 3.63. The van der Waals surface area contributed by atoms with Crippen molar-refractivity contribution in [2.75, 3.05) is 33.7 Å². The van der Waals surface area contributed by atoms with Gasteiger partial charge in [-0.3, -0.25) is 4.79 Å². The SMILES string of the molecule is CN(C)CC1(O)CCN(C(=O)Cc2ccc(Cl)c(Cl)c2)C1. The molecule has 4 nitrogen and oxygen atoms in total. The second-order valence-electron chi connectivity index (χ2n) is 5.95. The van der Waals surface area contributed by atoms with Crippen molar-refractivity contribution in [1.29, 1.82) is 0 Å². The van der Waals surface area contributed by atoms with Crippen LogP contribution in [-0.4, -0.2) is 60.1 Å². The van der Waals surface area contributed by atoms with Gasteiger partial charge in [-0.15, -0.1) is 0 Å². The summed E-state index contributed by atoms with van der Waals surface area (Å²) < 4.78 is 0. The summed E-state index contributed by atoms with van der Waals surface area (Å²) in [5.74, 6) is 0.00284. The minimum atomic E-state index is -0.809. The highest BCUT2D eigenvalue weighted by Gasteiger charge is 2.38. The highest BCUT2D eigenvalue weighted by molar-refractivity contribution is 6.42. The van der Waals surface area contributed by atoms with Gasteiger partial charge in [0.15, 0.2) is 0 Å². The van der Waals surface area contributed by atoms with Crippen LogP contribution in [0.15, 0.2) is 18.2 Å². The molecule has 1 saturated heterocycles. The molecule has 1 atom stereocenters. The van der Waals surface area contributed by atoms with Crippen LogP contribution in [0.2, 0.25) is 10.0 Å². The van der Waals surface area contributed by atoms with Gasteiger partial charge in [-0.05, 0) is 38.2 Å². The van der Waals surface area contributed by atoms with Crippen molar-refractivity contribution in [2.24, 2.45) is 0 Å². The van der Waals surface area contributed by atoms with Crippen molar-refractivity contribution in [1.82, 2.24) is 9.80 Å². The molecule has 2 rings (SSSR count). The summed E-state index contributed by atoms with van der Waals surface area (Å²) >= 11 is 11.8. The Morgan fingerprint density at radius 3 is 2.71 bits per heavy atom. The molecule has 1 aliphatic heterocycles. The summed E-state index contributed by atoms with van der Waals surface area (Å²) in [6.45, 7) is 1.53. The molecule has 0 aromatic heterocycles. The second kappa shape index (κ2) is 6.53. The summed E-state index contributed by atoms with van der Waals surface area (Å²) in [6, 6.07) is 5.21. The molecule has 1 amide bonds. The maximum absolute atomic E-state index is 12.3. The number of likely N-dealkylation sites (tertiary alicyclic amines) is 1. The number of β-amino-alcohol motifs (C(OH)–C–C–N with tert-alkyl or cyclic N) is 1. The number of rotatable bonds is 4. The van der Waals surface area contributed by atoms with Gasteiger partial charge in [0.25, 0.3) is 0 Å². The summed E-state index contributed by atoms with van der Waals surface area (Å²) in [5.41, 5.74) is 0.0222. The second-order valence-corrected chi connectivity index (χ2v) is 6.77. The van der Waals surface area contributed by atoms with Crippen LogP contribution in [0.25, 0.3) is 0 Å². The Hall–Kier alpha value is -0.810. The number of nitrogens with zero attached hydrogens (tertiary/aromatic N) is 2. The average Bonchev–Trinajstić information content (AvgIpc) is 2.75. The number of halogens is 2. The van der Waals surface area contributed by atoms with Gasteiger partial charge in [0.1, 0.15) is 0 Å². The van der Waals surface area contributed by atoms with E-state index in [1.807, 2.05) is 19.0 Å². The molecule has 116 valence electrons. The Balaban J connectivity index is 1.97. The lowest BCUT2D eigenvalue weighted by Crippen LogP contribution is -2.43. The number of likely N-dealkylation sites (N-methyl/N-ethyl adjacent to an activating group) is 1. The first-order chi connectivity index (χ1) is 9.79. The molecule has 1 aliphatic rings. The van der Waals surface area contributed by atoms with E-state index in [2.05, 4.69) is 0 Å². The molecule has 0 spiro atoms. The van der Waals surface area contributed by atoms with Gasteiger partial charge in [0.05, 0.1) is 28.6 Å². The van der Waals surface area contributed by atoms with Crippen LogP contribution in [0.1, 0.15) is 12.0 Å². The standard InChI is InChI=1S/C15H20Cl2N2O2/c1-18(2)9-15(21)5-6-19(10-15)14(20)8-11-3-4-12(16)13(17)7-11/h3-4,7,21H,5-6,8-10H2,1-2H3. The van der Waals surface area contributed by atoms with E-state index in [9.17, 15) is 9.90 Å². The predicted molar refractivity (Wildman–Crippen MR) is 84.9 cm³/mol. The first-order valence-electron chi connectivity index (χ1n) is 6.88. The molecule has 1 N–H and O–H groups in total. The van der Waals surface area contributed by atoms with Crippen LogP contribution in [0.4, 0.5) is 0 Å². The molecule has 6 heteroatoms. The van der Waals surface area contributed by atoms with Crippen molar-refractivity contribution < 1.29 is 9.90 Å². The molecule has 1 aromatic carbocycles. The molecule has 1 aromatic rings. The van der Waals surface area contributed by atoms with E-state index in [1.165, 1.54) is 0 Å². The van der Waals surface area contributed by atoms with Crippen molar-refractivity contribution in [3.8, 4) is 0 Å². The third-order valence-corrected chi connectivity index (χ3v) is 4.37. The highest BCUT2D eigenvalue weighted by atomic mass is 35.5. The summed E-state index contributed by atoms with van der Waals surface area (Å²) in [6.07, 6.45) is 0.882. The molecule has 0 aliphatic carbocycles. The largest absolute Gasteiger partial charge is 0.387 e. The number of carbonyl (C=O) groups excluding carboxylic acids is 1. The fourth-order valence-corrected chi connectivity index (χ4v) is 3.04. The topological polar surface area (TPSA) is 43.8 Å². The Kier molecular flexibility index (Phi) is 5.15. The average molecular weight is 331 g/mol. The van der Waals surface area contributed by atoms with Crippen LogP contribution in [0, 0.1) is 0 Å². The van der Waals surface area contributed by atoms with Gasteiger partial charge in [-0.25, -0.2) is 0 Å². The monoisotopic (exact) mass is 330 g/mol. The van der Waals surface area contributed by atoms with E-state index in [0.29, 0.717) is 36.1 Å². The maximum Gasteiger partial charge on any atom is 0.227 e. The Morgan fingerprint density at radius 1 is 1.38 bits per heavy atom. The zero-order chi connectivity index (χ0) is 15.6. The Morgan fingerprint density at radius 2 is 2.10 bits per heavy atom. The zero-order valence-corrected chi connectivity index (χ0v) is 13.8. The summed E-state index contributed by atoms with van der Waals surface area (Å²) in [7, 11) is 3.83. The Labute approximate surface area is 135 Å². The van der Waals surface area contributed by atoms with Crippen LogP contribution < -0.4 is 0 Å². The quantitative estimate of drug-likeness (QED) is 0.919. The van der Waals surface area contributed by atoms with Crippen LogP contribution in [0.3, 0.4) is 0 Å². The van der Waals surface area contributed by atoms with E-state index in [0.717, 1.165) is 5.56 Å². The highest BCUT2D eigenvalue weighted by Crippen LogP contribution is 2.25. The first kappa shape index (κ1) is 16.6. The lowest BCUT2D eigenvalue weighted by Gasteiger charge is -2.26. The molecule has 0 radical (unpaired) electrons. The third kappa shape index (κ3) is 4.33. The van der Waals surface area contributed by atoms with E-state index >= 15 is 0 Å². The van der Waals surface area contributed by atoms with Crippen LogP contribution in [0.5, 0.6) is 0 Å². The number of amides is 1. The molecular weight excluding hydrogens is 311 g/mol. The molecule has 0 bridgehead atoms. The van der Waals surface area contributed by atoms with Crippen LogP contribution in [-0.2, 0) is 11.2 Å². The van der Waals surface area contributed by atoms with E-state index < -0.39 is 5.60 Å². The minimum Gasteiger partial charge on any atom is -0.387 e. The molecular formula is C15H20Cl2N2O2. The zero-order valence-electron chi connectivity index (χ0n) is 12.3. The molecule has 1 fully saturated rings. The van der Waals surface area contributed by atoms with Crippen LogP contribution >= 0.6 is 23.2 Å². The number of hydrogen-bond acceptors (Lipinski definition) is 3. The van der Waals surface area contributed by atoms with E-state index in [1.54, 1.807) is 23.1 Å². The first-order valence-corrected chi connectivity index (χ1v) is 7.63. The lowest BCUT2D eigenvalue weighted by molar-refractivity contribution is -0.130. The summed E-state index contributed by atoms with van der Waals surface area (Å²) in [5, 5.41) is 11.4. The summed E-state index contributed by atoms with van der Waals surface area (Å²) in [4.78, 5) is 16.0. The molecule has 1 heterocycles. The van der Waals surface area contributed by atoms with Gasteiger partial charge in [0, 0.05) is 13.1 Å². The number of hydrogen-bond donors (Lipinski definition) is 1. The number of aliphatic hydroxyl groups is 1. The molecule has 0 saturated carbocycles. The normalized spacial score (nSPS) is 22.1. The fourth-order valence-electron chi connectivity index (χ4n) is 2.72. The lowest BCUT2D eigenvalue weighted by atomic mass is 10.0. The number of carbonyl (C=O) groups is 1. The smallest absolute Gasteiger partial charge is 0.227 e. The van der Waals surface area contributed by atoms with Crippen molar-refractivity contribution >= 4 is 29.1 Å². The fraction of sp³-hybridized carbons (Fsp3) is 0.533. The Bertz CT molecular complexity index is 536. The maximum atomic E-state index is 12.3. The number of benzene rings is 1. The van der Waals surface area contributed by atoms with Crippen molar-refractivity contribution in [3.63, 3.8) is 0 Å². The van der Waals surface area contributed by atoms with Gasteiger partial charge in [-0.2, -0.15) is 0 Å². The van der Waals surface area contributed by atoms with E-state index in [4.69, 9.17) is 23.2 Å². The van der Waals surface area contributed by atoms with E-state index in [-0.39, 0.29) is 12.3 Å². The van der Waals surface area contributed by atoms with Gasteiger partial charge < -0.3 is 14.9 Å². The predicted octanol–water partition coefficient (Wildman–Crippen LogP) is 2.06.